The van der Waals surface area contributed by atoms with Gasteiger partial charge in [-0.1, -0.05) is 47.6 Å². The Hall–Kier alpha value is -4.17. The number of thioether (sulfide) groups is 1. The molecule has 0 saturated carbocycles. The van der Waals surface area contributed by atoms with Gasteiger partial charge in [0.05, 0.1) is 11.3 Å². The Morgan fingerprint density at radius 3 is 2.43 bits per heavy atom. The molecule has 0 saturated heterocycles. The number of ether oxygens (including phenoxy) is 2. The Labute approximate surface area is 269 Å². The molecule has 4 rings (SSSR count). The Balaban J connectivity index is 1.48. The van der Waals surface area contributed by atoms with Crippen molar-refractivity contribution < 1.29 is 14.3 Å². The molecule has 10 nitrogen and oxygen atoms in total. The normalized spacial score (nSPS) is 11.3. The number of aromatic nitrogens is 2. The fraction of sp³-hybridized carbons (Fsp3) is 0.258. The highest BCUT2D eigenvalue weighted by atomic mass is 35.5. The fourth-order valence-electron chi connectivity index (χ4n) is 4.17. The second kappa shape index (κ2) is 16.1. The molecule has 0 amide bonds. The minimum atomic E-state index is -0.708. The van der Waals surface area contributed by atoms with E-state index in [4.69, 9.17) is 37.5 Å². The van der Waals surface area contributed by atoms with Crippen LogP contribution in [0.25, 0.3) is 21.7 Å². The average molecular weight is 648 g/mol. The molecule has 0 unspecified atom stereocenters. The lowest BCUT2D eigenvalue weighted by Gasteiger charge is -2.15. The number of hydrogen-bond donors (Lipinski definition) is 3. The highest BCUT2D eigenvalue weighted by molar-refractivity contribution is 7.98. The fourth-order valence-corrected chi connectivity index (χ4v) is 6.11. The van der Waals surface area contributed by atoms with Gasteiger partial charge in [0, 0.05) is 34.3 Å². The first-order chi connectivity index (χ1) is 21.4. The number of thiazole rings is 1. The minimum Gasteiger partial charge on any atom is -0.490 e. The highest BCUT2D eigenvalue weighted by Crippen LogP contribution is 2.38. The van der Waals surface area contributed by atoms with Crippen LogP contribution in [0.4, 0.5) is 5.82 Å². The molecule has 226 valence electrons. The van der Waals surface area contributed by atoms with Crippen molar-refractivity contribution in [2.24, 2.45) is 11.5 Å². The number of carbonyl (C=O) groups is 1. The first-order valence-corrected chi connectivity index (χ1v) is 15.9. The van der Waals surface area contributed by atoms with E-state index in [2.05, 4.69) is 22.4 Å². The molecule has 0 aliphatic rings. The first kappa shape index (κ1) is 32.7. The van der Waals surface area contributed by atoms with Crippen LogP contribution in [-0.4, -0.2) is 48.8 Å². The zero-order valence-electron chi connectivity index (χ0n) is 23.9. The summed E-state index contributed by atoms with van der Waals surface area (Å²) in [6, 6.07) is 18.3. The van der Waals surface area contributed by atoms with Crippen LogP contribution in [0.5, 0.6) is 5.75 Å². The molecule has 4 aromatic rings. The molecule has 2 aromatic heterocycles. The van der Waals surface area contributed by atoms with Crippen molar-refractivity contribution in [3.05, 3.63) is 75.8 Å². The van der Waals surface area contributed by atoms with Gasteiger partial charge in [-0.05, 0) is 49.2 Å². The van der Waals surface area contributed by atoms with Crippen LogP contribution in [0, 0.1) is 22.7 Å². The predicted molar refractivity (Wildman–Crippen MR) is 173 cm³/mol. The Morgan fingerprint density at radius 1 is 1.07 bits per heavy atom. The smallest absolute Gasteiger partial charge is 0.323 e. The summed E-state index contributed by atoms with van der Waals surface area (Å²) in [5.74, 6) is 0.895. The molecule has 0 aliphatic carbocycles. The predicted octanol–water partition coefficient (Wildman–Crippen LogP) is 5.59. The number of pyridine rings is 1. The summed E-state index contributed by atoms with van der Waals surface area (Å²) in [5, 5.41) is 27.2. The van der Waals surface area contributed by atoms with Gasteiger partial charge >= 0.3 is 5.97 Å². The highest BCUT2D eigenvalue weighted by Gasteiger charge is 2.22. The van der Waals surface area contributed by atoms with E-state index in [1.165, 1.54) is 23.1 Å². The number of anilines is 1. The van der Waals surface area contributed by atoms with Crippen molar-refractivity contribution in [3.8, 4) is 39.6 Å². The number of nitrogens with zero attached hydrogens (tertiary/aromatic N) is 4. The molecule has 0 bridgehead atoms. The van der Waals surface area contributed by atoms with Gasteiger partial charge in [-0.25, -0.2) is 9.97 Å². The van der Waals surface area contributed by atoms with E-state index in [0.29, 0.717) is 63.4 Å². The molecule has 2 heterocycles. The third-order valence-electron chi connectivity index (χ3n) is 6.39. The van der Waals surface area contributed by atoms with E-state index >= 15 is 0 Å². The second-order valence-corrected chi connectivity index (χ2v) is 11.6. The van der Waals surface area contributed by atoms with Crippen molar-refractivity contribution >= 4 is 46.5 Å². The van der Waals surface area contributed by atoms with E-state index in [-0.39, 0.29) is 18.8 Å². The van der Waals surface area contributed by atoms with Crippen LogP contribution >= 0.6 is 34.7 Å². The lowest BCUT2D eigenvalue weighted by Crippen LogP contribution is -2.33. The number of carbonyl (C=O) groups excluding carboxylic acids is 1. The number of nitrogens with one attached hydrogen (secondary N) is 1. The van der Waals surface area contributed by atoms with Crippen molar-refractivity contribution in [1.82, 2.24) is 9.97 Å². The Morgan fingerprint density at radius 2 is 1.77 bits per heavy atom. The maximum atomic E-state index is 11.9. The van der Waals surface area contributed by atoms with Crippen LogP contribution < -0.4 is 21.5 Å². The largest absolute Gasteiger partial charge is 0.490 e. The average Bonchev–Trinajstić information content (AvgIpc) is 3.53. The molecule has 2 aromatic carbocycles. The summed E-state index contributed by atoms with van der Waals surface area (Å²) in [5.41, 5.74) is 14.7. The molecule has 0 fully saturated rings. The third kappa shape index (κ3) is 8.26. The summed E-state index contributed by atoms with van der Waals surface area (Å²) in [7, 11) is 1.68. The van der Waals surface area contributed by atoms with Crippen LogP contribution in [0.2, 0.25) is 5.02 Å². The maximum Gasteiger partial charge on any atom is 0.323 e. The van der Waals surface area contributed by atoms with E-state index in [1.807, 2.05) is 29.6 Å². The van der Waals surface area contributed by atoms with Gasteiger partial charge in [-0.2, -0.15) is 10.5 Å². The van der Waals surface area contributed by atoms with Crippen molar-refractivity contribution in [2.75, 3.05) is 32.1 Å². The molecule has 13 heteroatoms. The Kier molecular flexibility index (Phi) is 11.9. The number of hydrogen-bond acceptors (Lipinski definition) is 12. The summed E-state index contributed by atoms with van der Waals surface area (Å²) in [4.78, 5) is 21.3. The van der Waals surface area contributed by atoms with Gasteiger partial charge in [-0.15, -0.1) is 11.3 Å². The SMILES string of the molecule is CNc1nc(SCc2csc(-c3ccc(Cl)cc3)n2)c(C#N)c(-c2ccc(OCCOC(=O)[C@@H](N)CCCN)cc2)c1C#N. The molecular formula is C31H30ClN7O3S2. The number of nitriles is 2. The second-order valence-electron chi connectivity index (χ2n) is 9.38. The molecule has 0 spiro atoms. The number of rotatable bonds is 14. The zero-order valence-corrected chi connectivity index (χ0v) is 26.3. The van der Waals surface area contributed by atoms with Crippen LogP contribution in [0.1, 0.15) is 29.7 Å². The lowest BCUT2D eigenvalue weighted by molar-refractivity contribution is -0.146. The quantitative estimate of drug-likeness (QED) is 0.0884. The van der Waals surface area contributed by atoms with Gasteiger partial charge < -0.3 is 26.3 Å². The van der Waals surface area contributed by atoms with E-state index in [0.717, 1.165) is 16.3 Å². The summed E-state index contributed by atoms with van der Waals surface area (Å²) >= 11 is 8.91. The topological polar surface area (TPSA) is 173 Å². The lowest BCUT2D eigenvalue weighted by atomic mass is 9.96. The van der Waals surface area contributed by atoms with E-state index in [9.17, 15) is 15.3 Å². The van der Waals surface area contributed by atoms with Crippen LogP contribution in [0.15, 0.2) is 58.9 Å². The van der Waals surface area contributed by atoms with Crippen LogP contribution in [0.3, 0.4) is 0 Å². The summed E-state index contributed by atoms with van der Waals surface area (Å²) < 4.78 is 10.9. The maximum absolute atomic E-state index is 11.9. The standard InChI is InChI=1S/C31H30ClN7O3S2/c1-37-28-24(15-34)27(19-6-10-23(11-7-19)41-13-14-42-31(40)26(36)3-2-12-33)25(16-35)30(39-28)44-18-22-17-43-29(38-22)20-4-8-21(32)9-5-20/h4-11,17,26H,2-3,12-14,18,33,36H2,1H3,(H,37,39)/t26-/m0/s1. The van der Waals surface area contributed by atoms with E-state index < -0.39 is 12.0 Å². The van der Waals surface area contributed by atoms with E-state index in [1.54, 1.807) is 31.3 Å². The molecule has 44 heavy (non-hydrogen) atoms. The minimum absolute atomic E-state index is 0.0463. The number of benzene rings is 2. The molecule has 0 radical (unpaired) electrons. The summed E-state index contributed by atoms with van der Waals surface area (Å²) in [6.07, 6.45) is 1.11. The van der Waals surface area contributed by atoms with Crippen molar-refractivity contribution in [2.45, 2.75) is 29.7 Å². The zero-order chi connectivity index (χ0) is 31.5. The summed E-state index contributed by atoms with van der Waals surface area (Å²) in [6.45, 7) is 0.642. The van der Waals surface area contributed by atoms with Gasteiger partial charge in [0.15, 0.2) is 0 Å². The first-order valence-electron chi connectivity index (χ1n) is 13.6. The monoisotopic (exact) mass is 647 g/mol. The van der Waals surface area contributed by atoms with Gasteiger partial charge in [-0.3, -0.25) is 4.79 Å². The molecule has 1 atom stereocenters. The number of halogens is 1. The third-order valence-corrected chi connectivity index (χ3v) is 8.59. The molecule has 5 N–H and O–H groups in total. The van der Waals surface area contributed by atoms with Crippen molar-refractivity contribution in [3.63, 3.8) is 0 Å². The van der Waals surface area contributed by atoms with Gasteiger partial charge in [0.1, 0.15) is 58.6 Å². The van der Waals surface area contributed by atoms with Crippen LogP contribution in [-0.2, 0) is 15.3 Å². The molecule has 0 aliphatic heterocycles. The van der Waals surface area contributed by atoms with Gasteiger partial charge in [0.25, 0.3) is 0 Å². The number of nitrogens with two attached hydrogens (primary N) is 2. The van der Waals surface area contributed by atoms with Crippen molar-refractivity contribution in [1.29, 1.82) is 10.5 Å². The molecular weight excluding hydrogens is 618 g/mol. The van der Waals surface area contributed by atoms with Gasteiger partial charge in [0.2, 0.25) is 0 Å². The Bertz CT molecular complexity index is 1670. The number of esters is 1.